The molecule has 0 atom stereocenters. The number of carbonyl (C=O) groups excluding carboxylic acids is 3. The zero-order chi connectivity index (χ0) is 22.0. The molecule has 2 heterocycles. The van der Waals surface area contributed by atoms with Gasteiger partial charge in [0.25, 0.3) is 11.8 Å². The molecule has 0 radical (unpaired) electrons. The maximum atomic E-state index is 12.8. The molecule has 0 aliphatic carbocycles. The van der Waals surface area contributed by atoms with Crippen LogP contribution in [0.1, 0.15) is 54.0 Å². The van der Waals surface area contributed by atoms with Crippen molar-refractivity contribution in [3.05, 3.63) is 87.3 Å². The maximum absolute atomic E-state index is 12.8. The summed E-state index contributed by atoms with van der Waals surface area (Å²) in [6, 6.07) is 15.5. The second-order valence-corrected chi connectivity index (χ2v) is 8.52. The highest BCUT2D eigenvalue weighted by Crippen LogP contribution is 2.37. The van der Waals surface area contributed by atoms with Crippen molar-refractivity contribution in [2.75, 3.05) is 18.4 Å². The van der Waals surface area contributed by atoms with E-state index in [-0.39, 0.29) is 24.1 Å². The summed E-state index contributed by atoms with van der Waals surface area (Å²) in [5, 5.41) is 3.34. The molecule has 1 aliphatic heterocycles. The molecule has 166 valence electrons. The summed E-state index contributed by atoms with van der Waals surface area (Å²) in [5.41, 5.74) is 8.50. The highest BCUT2D eigenvalue weighted by Gasteiger charge is 2.27. The average molecular weight is 470 g/mol. The van der Waals surface area contributed by atoms with Crippen molar-refractivity contribution < 1.29 is 14.4 Å². The molecular formula is C24H24ClN3O3S. The first-order chi connectivity index (χ1) is 15.0. The topological polar surface area (TPSA) is 92.5 Å². The van der Waals surface area contributed by atoms with Crippen molar-refractivity contribution in [1.29, 1.82) is 0 Å². The van der Waals surface area contributed by atoms with E-state index in [1.165, 1.54) is 11.3 Å². The first-order valence-corrected chi connectivity index (χ1v) is 11.0. The van der Waals surface area contributed by atoms with Crippen LogP contribution in [0.25, 0.3) is 0 Å². The van der Waals surface area contributed by atoms with Gasteiger partial charge in [0.15, 0.2) is 5.78 Å². The molecule has 0 unspecified atom stereocenters. The normalized spacial score (nSPS) is 13.0. The summed E-state index contributed by atoms with van der Waals surface area (Å²) in [4.78, 5) is 40.8. The van der Waals surface area contributed by atoms with E-state index in [9.17, 15) is 14.4 Å². The third kappa shape index (κ3) is 4.75. The van der Waals surface area contributed by atoms with E-state index in [2.05, 4.69) is 17.1 Å². The van der Waals surface area contributed by atoms with E-state index in [1.54, 1.807) is 36.4 Å². The van der Waals surface area contributed by atoms with Gasteiger partial charge in [0.05, 0.1) is 5.56 Å². The van der Waals surface area contributed by atoms with Crippen LogP contribution < -0.4 is 11.1 Å². The van der Waals surface area contributed by atoms with Gasteiger partial charge in [-0.05, 0) is 30.7 Å². The van der Waals surface area contributed by atoms with Gasteiger partial charge >= 0.3 is 0 Å². The van der Waals surface area contributed by atoms with Crippen molar-refractivity contribution >= 4 is 46.3 Å². The minimum absolute atomic E-state index is 0. The molecule has 3 aromatic rings. The number of hydrogen-bond donors (Lipinski definition) is 2. The van der Waals surface area contributed by atoms with E-state index < -0.39 is 5.91 Å². The zero-order valence-electron chi connectivity index (χ0n) is 17.6. The van der Waals surface area contributed by atoms with Gasteiger partial charge in [0.1, 0.15) is 5.00 Å². The van der Waals surface area contributed by atoms with E-state index >= 15 is 0 Å². The number of carbonyl (C=O) groups is 3. The monoisotopic (exact) mass is 469 g/mol. The number of thiophene rings is 1. The molecule has 2 amide bonds. The summed E-state index contributed by atoms with van der Waals surface area (Å²) in [7, 11) is 0. The van der Waals surface area contributed by atoms with Gasteiger partial charge in [0, 0.05) is 34.7 Å². The fraction of sp³-hybridized carbons (Fsp3) is 0.208. The number of amides is 2. The molecule has 0 fully saturated rings. The summed E-state index contributed by atoms with van der Waals surface area (Å²) in [5.74, 6) is -0.969. The van der Waals surface area contributed by atoms with Gasteiger partial charge in [-0.1, -0.05) is 49.4 Å². The lowest BCUT2D eigenvalue weighted by Gasteiger charge is -2.25. The Kier molecular flexibility index (Phi) is 7.45. The van der Waals surface area contributed by atoms with Gasteiger partial charge in [-0.2, -0.15) is 0 Å². The number of fused-ring (bicyclic) bond motifs is 1. The van der Waals surface area contributed by atoms with E-state index in [0.29, 0.717) is 27.3 Å². The molecule has 1 aliphatic rings. The molecule has 32 heavy (non-hydrogen) atoms. The van der Waals surface area contributed by atoms with Crippen LogP contribution >= 0.6 is 23.7 Å². The van der Waals surface area contributed by atoms with Crippen molar-refractivity contribution in [2.24, 2.45) is 5.73 Å². The van der Waals surface area contributed by atoms with E-state index in [1.807, 2.05) is 18.2 Å². The Balaban J connectivity index is 0.00000289. The van der Waals surface area contributed by atoms with Gasteiger partial charge in [0.2, 0.25) is 0 Å². The second-order valence-electron chi connectivity index (χ2n) is 7.42. The predicted octanol–water partition coefficient (Wildman–Crippen LogP) is 4.13. The smallest absolute Gasteiger partial charge is 0.256 e. The average Bonchev–Trinajstić information content (AvgIpc) is 3.16. The summed E-state index contributed by atoms with van der Waals surface area (Å²) >= 11 is 1.41. The van der Waals surface area contributed by atoms with Crippen molar-refractivity contribution in [1.82, 2.24) is 4.90 Å². The zero-order valence-corrected chi connectivity index (χ0v) is 19.2. The Hall–Kier alpha value is -3.00. The van der Waals surface area contributed by atoms with Crippen LogP contribution in [0.5, 0.6) is 0 Å². The van der Waals surface area contributed by atoms with Crippen LogP contribution in [0, 0.1) is 0 Å². The number of hydrogen-bond acceptors (Lipinski definition) is 5. The minimum atomic E-state index is -0.526. The number of nitrogens with zero attached hydrogens (tertiary/aromatic N) is 1. The SMILES string of the molecule is CCN1CCc2c(sc(NC(=O)c3ccc(C(=O)c4ccccc4)cc3)c2C(N)=O)C1.Cl. The summed E-state index contributed by atoms with van der Waals surface area (Å²) in [6.45, 7) is 4.65. The molecule has 1 aromatic heterocycles. The fourth-order valence-electron chi connectivity index (χ4n) is 3.78. The van der Waals surface area contributed by atoms with Crippen LogP contribution in [0.4, 0.5) is 5.00 Å². The predicted molar refractivity (Wildman–Crippen MR) is 129 cm³/mol. The lowest BCUT2D eigenvalue weighted by Crippen LogP contribution is -2.30. The van der Waals surface area contributed by atoms with Crippen molar-refractivity contribution in [3.8, 4) is 0 Å². The van der Waals surface area contributed by atoms with Crippen LogP contribution in [0.15, 0.2) is 54.6 Å². The first-order valence-electron chi connectivity index (χ1n) is 10.2. The van der Waals surface area contributed by atoms with Gasteiger partial charge in [-0.25, -0.2) is 0 Å². The molecule has 0 bridgehead atoms. The number of nitrogens with two attached hydrogens (primary N) is 1. The summed E-state index contributed by atoms with van der Waals surface area (Å²) in [6.07, 6.45) is 0.740. The largest absolute Gasteiger partial charge is 0.365 e. The molecule has 6 nitrogen and oxygen atoms in total. The number of halogens is 1. The third-order valence-corrected chi connectivity index (χ3v) is 6.63. The van der Waals surface area contributed by atoms with Crippen LogP contribution in [-0.4, -0.2) is 35.6 Å². The Bertz CT molecular complexity index is 1140. The Morgan fingerprint density at radius 1 is 1.00 bits per heavy atom. The second kappa shape index (κ2) is 10.1. The highest BCUT2D eigenvalue weighted by molar-refractivity contribution is 7.17. The standard InChI is InChI=1S/C24H23N3O3S.ClH/c1-2-27-13-12-18-19(14-27)31-24(20(18)22(25)29)26-23(30)17-10-8-16(9-11-17)21(28)15-6-4-3-5-7-15;/h3-11H,2,12-14H2,1H3,(H2,25,29)(H,26,30);1H. The highest BCUT2D eigenvalue weighted by atomic mass is 35.5. The fourth-order valence-corrected chi connectivity index (χ4v) is 5.07. The number of anilines is 1. The Morgan fingerprint density at radius 3 is 2.25 bits per heavy atom. The number of rotatable bonds is 6. The summed E-state index contributed by atoms with van der Waals surface area (Å²) < 4.78 is 0. The lowest BCUT2D eigenvalue weighted by atomic mass is 10.0. The minimum Gasteiger partial charge on any atom is -0.365 e. The first kappa shape index (κ1) is 23.7. The van der Waals surface area contributed by atoms with Crippen molar-refractivity contribution in [2.45, 2.75) is 19.9 Å². The van der Waals surface area contributed by atoms with Gasteiger partial charge in [-0.3, -0.25) is 19.3 Å². The van der Waals surface area contributed by atoms with Gasteiger partial charge < -0.3 is 11.1 Å². The number of benzene rings is 2. The van der Waals surface area contributed by atoms with Crippen LogP contribution in [-0.2, 0) is 13.0 Å². The molecule has 3 N–H and O–H groups in total. The van der Waals surface area contributed by atoms with Gasteiger partial charge in [-0.15, -0.1) is 23.7 Å². The van der Waals surface area contributed by atoms with Crippen LogP contribution in [0.2, 0.25) is 0 Å². The Morgan fingerprint density at radius 2 is 1.62 bits per heavy atom. The number of primary amides is 1. The molecule has 4 rings (SSSR count). The quantitative estimate of drug-likeness (QED) is 0.531. The maximum Gasteiger partial charge on any atom is 0.256 e. The molecule has 2 aromatic carbocycles. The Labute approximate surface area is 196 Å². The van der Waals surface area contributed by atoms with E-state index in [0.717, 1.165) is 36.5 Å². The third-order valence-electron chi connectivity index (χ3n) is 5.50. The molecule has 8 heteroatoms. The number of ketones is 1. The molecular weight excluding hydrogens is 446 g/mol. The molecule has 0 saturated heterocycles. The number of likely N-dealkylation sites (N-methyl/N-ethyl adjacent to an activating group) is 1. The lowest BCUT2D eigenvalue weighted by molar-refractivity contribution is 0.0998. The molecule has 0 saturated carbocycles. The van der Waals surface area contributed by atoms with E-state index in [4.69, 9.17) is 5.73 Å². The number of nitrogens with one attached hydrogen (secondary N) is 1. The van der Waals surface area contributed by atoms with Crippen molar-refractivity contribution in [3.63, 3.8) is 0 Å². The van der Waals surface area contributed by atoms with Crippen LogP contribution in [0.3, 0.4) is 0 Å². The molecule has 0 spiro atoms.